The van der Waals surface area contributed by atoms with E-state index in [2.05, 4.69) is 20.9 Å². The van der Waals surface area contributed by atoms with Crippen molar-refractivity contribution >= 4 is 22.1 Å². The van der Waals surface area contributed by atoms with Crippen molar-refractivity contribution in [2.24, 2.45) is 10.7 Å². The van der Waals surface area contributed by atoms with Crippen molar-refractivity contribution < 1.29 is 4.39 Å². The molecular weight excluding hydrogens is 247 g/mol. The Morgan fingerprint density at radius 1 is 1.43 bits per heavy atom. The number of benzene rings is 1. The first-order chi connectivity index (χ1) is 6.72. The average molecular weight is 257 g/mol. The number of halogens is 2. The van der Waals surface area contributed by atoms with Gasteiger partial charge in [0.15, 0.2) is 0 Å². The van der Waals surface area contributed by atoms with Gasteiger partial charge in [-0.15, -0.1) is 0 Å². The summed E-state index contributed by atoms with van der Waals surface area (Å²) in [5.41, 5.74) is 6.18. The third kappa shape index (κ3) is 3.70. The van der Waals surface area contributed by atoms with E-state index in [4.69, 9.17) is 5.73 Å². The number of nitrogens with zero attached hydrogens (tertiary/aromatic N) is 1. The molecule has 0 fully saturated rings. The highest BCUT2D eigenvalue weighted by Crippen LogP contribution is 2.04. The van der Waals surface area contributed by atoms with Crippen LogP contribution in [0.15, 0.2) is 39.9 Å². The zero-order valence-electron chi connectivity index (χ0n) is 7.45. The first kappa shape index (κ1) is 10.9. The molecular formula is C10H10BrFN2. The van der Waals surface area contributed by atoms with Crippen molar-refractivity contribution in [1.82, 2.24) is 0 Å². The van der Waals surface area contributed by atoms with E-state index >= 15 is 0 Å². The molecule has 0 aliphatic heterocycles. The first-order valence-corrected chi connectivity index (χ1v) is 4.83. The van der Waals surface area contributed by atoms with Gasteiger partial charge in [-0.3, -0.25) is 4.99 Å². The van der Waals surface area contributed by atoms with Crippen LogP contribution in [-0.4, -0.2) is 6.21 Å². The quantitative estimate of drug-likeness (QED) is 0.830. The molecule has 0 bridgehead atoms. The summed E-state index contributed by atoms with van der Waals surface area (Å²) < 4.78 is 13.2. The number of hydrogen-bond acceptors (Lipinski definition) is 2. The monoisotopic (exact) mass is 256 g/mol. The van der Waals surface area contributed by atoms with Crippen LogP contribution in [0, 0.1) is 5.82 Å². The van der Waals surface area contributed by atoms with Gasteiger partial charge in [0.05, 0.1) is 11.0 Å². The van der Waals surface area contributed by atoms with Gasteiger partial charge in [-0.1, -0.05) is 12.1 Å². The molecule has 1 aromatic carbocycles. The summed E-state index contributed by atoms with van der Waals surface area (Å²) >= 11 is 3.19. The Balaban J connectivity index is 2.54. The number of hydrogen-bond donors (Lipinski definition) is 1. The number of rotatable bonds is 3. The molecule has 74 valence electrons. The van der Waals surface area contributed by atoms with Gasteiger partial charge in [-0.2, -0.15) is 0 Å². The minimum atomic E-state index is -0.235. The Kier molecular flexibility index (Phi) is 4.32. The molecule has 0 saturated heterocycles. The largest absolute Gasteiger partial charge is 0.404 e. The van der Waals surface area contributed by atoms with Crippen LogP contribution >= 0.6 is 15.9 Å². The summed E-state index contributed by atoms with van der Waals surface area (Å²) in [6, 6.07) is 6.23. The molecule has 0 unspecified atom stereocenters. The minimum absolute atomic E-state index is 0.235. The molecule has 0 aliphatic rings. The Hall–Kier alpha value is -1.16. The van der Waals surface area contributed by atoms with Crippen LogP contribution < -0.4 is 5.73 Å². The lowest BCUT2D eigenvalue weighted by molar-refractivity contribution is 0.627. The van der Waals surface area contributed by atoms with Crippen LogP contribution in [0.4, 0.5) is 4.39 Å². The molecule has 1 rings (SSSR count). The van der Waals surface area contributed by atoms with Gasteiger partial charge in [-0.05, 0) is 33.6 Å². The second kappa shape index (κ2) is 5.54. The summed E-state index contributed by atoms with van der Waals surface area (Å²) in [6.45, 7) is 0.517. The lowest BCUT2D eigenvalue weighted by Gasteiger charge is -1.95. The van der Waals surface area contributed by atoms with Crippen LogP contribution in [-0.2, 0) is 6.54 Å². The Labute approximate surface area is 90.5 Å². The maximum absolute atomic E-state index is 12.5. The smallest absolute Gasteiger partial charge is 0.123 e. The van der Waals surface area contributed by atoms with Crippen molar-refractivity contribution in [3.8, 4) is 0 Å². The van der Waals surface area contributed by atoms with Gasteiger partial charge < -0.3 is 5.73 Å². The van der Waals surface area contributed by atoms with Crippen molar-refractivity contribution in [3.63, 3.8) is 0 Å². The average Bonchev–Trinajstić information content (AvgIpc) is 2.21. The van der Waals surface area contributed by atoms with Gasteiger partial charge in [-0.25, -0.2) is 4.39 Å². The van der Waals surface area contributed by atoms with Crippen LogP contribution in [0.3, 0.4) is 0 Å². The Morgan fingerprint density at radius 2 is 2.07 bits per heavy atom. The molecule has 0 heterocycles. The van der Waals surface area contributed by atoms with Crippen LogP contribution in [0.5, 0.6) is 0 Å². The lowest BCUT2D eigenvalue weighted by Crippen LogP contribution is -1.85. The van der Waals surface area contributed by atoms with Crippen LogP contribution in [0.25, 0.3) is 0 Å². The first-order valence-electron chi connectivity index (χ1n) is 4.04. The van der Waals surface area contributed by atoms with Crippen molar-refractivity contribution in [1.29, 1.82) is 0 Å². The van der Waals surface area contributed by atoms with E-state index in [-0.39, 0.29) is 5.82 Å². The molecule has 0 aliphatic carbocycles. The highest BCUT2D eigenvalue weighted by Gasteiger charge is 1.91. The number of aliphatic imine (C=N–C) groups is 1. The van der Waals surface area contributed by atoms with Crippen molar-refractivity contribution in [3.05, 3.63) is 46.3 Å². The highest BCUT2D eigenvalue weighted by atomic mass is 79.9. The van der Waals surface area contributed by atoms with E-state index in [1.807, 2.05) is 0 Å². The van der Waals surface area contributed by atoms with Gasteiger partial charge >= 0.3 is 0 Å². The van der Waals surface area contributed by atoms with E-state index in [9.17, 15) is 4.39 Å². The summed E-state index contributed by atoms with van der Waals surface area (Å²) in [4.78, 5) is 4.10. The molecule has 0 amide bonds. The Bertz CT molecular complexity index is 344. The fourth-order valence-corrected chi connectivity index (χ4v) is 1.02. The van der Waals surface area contributed by atoms with E-state index in [0.717, 1.165) is 10.0 Å². The zero-order chi connectivity index (χ0) is 10.4. The minimum Gasteiger partial charge on any atom is -0.404 e. The van der Waals surface area contributed by atoms with E-state index in [1.54, 1.807) is 18.3 Å². The molecule has 14 heavy (non-hydrogen) atoms. The number of allylic oxidation sites excluding steroid dienone is 1. The zero-order valence-corrected chi connectivity index (χ0v) is 9.04. The maximum Gasteiger partial charge on any atom is 0.123 e. The van der Waals surface area contributed by atoms with E-state index in [0.29, 0.717) is 6.54 Å². The van der Waals surface area contributed by atoms with Crippen molar-refractivity contribution in [2.75, 3.05) is 0 Å². The molecule has 2 N–H and O–H groups in total. The number of nitrogens with two attached hydrogens (primary N) is 1. The van der Waals surface area contributed by atoms with Crippen molar-refractivity contribution in [2.45, 2.75) is 6.54 Å². The summed E-state index contributed by atoms with van der Waals surface area (Å²) in [5, 5.41) is 0. The normalized spacial score (nSPS) is 12.3. The standard InChI is InChI=1S/C10H10BrFN2/c11-9(5-13)7-14-6-8-1-3-10(12)4-2-8/h1-5,7H,6,13H2. The highest BCUT2D eigenvalue weighted by molar-refractivity contribution is 9.12. The Morgan fingerprint density at radius 3 is 2.64 bits per heavy atom. The molecule has 0 radical (unpaired) electrons. The fraction of sp³-hybridized carbons (Fsp3) is 0.100. The second-order valence-corrected chi connectivity index (χ2v) is 3.56. The maximum atomic E-state index is 12.5. The third-order valence-electron chi connectivity index (χ3n) is 1.56. The van der Waals surface area contributed by atoms with E-state index in [1.165, 1.54) is 18.3 Å². The summed E-state index contributed by atoms with van der Waals surface area (Å²) in [6.07, 6.45) is 3.03. The summed E-state index contributed by atoms with van der Waals surface area (Å²) in [7, 11) is 0. The summed E-state index contributed by atoms with van der Waals surface area (Å²) in [5.74, 6) is -0.235. The van der Waals surface area contributed by atoms with Gasteiger partial charge in [0.25, 0.3) is 0 Å². The predicted molar refractivity (Wildman–Crippen MR) is 59.8 cm³/mol. The molecule has 1 aromatic rings. The van der Waals surface area contributed by atoms with Crippen LogP contribution in [0.2, 0.25) is 0 Å². The predicted octanol–water partition coefficient (Wildman–Crippen LogP) is 2.59. The third-order valence-corrected chi connectivity index (χ3v) is 2.03. The molecule has 0 saturated carbocycles. The topological polar surface area (TPSA) is 38.4 Å². The fourth-order valence-electron chi connectivity index (χ4n) is 0.871. The van der Waals surface area contributed by atoms with Gasteiger partial charge in [0.1, 0.15) is 5.82 Å². The second-order valence-electron chi connectivity index (χ2n) is 2.65. The van der Waals surface area contributed by atoms with E-state index < -0.39 is 0 Å². The molecule has 0 aromatic heterocycles. The van der Waals surface area contributed by atoms with Gasteiger partial charge in [0, 0.05) is 12.4 Å². The molecule has 2 nitrogen and oxygen atoms in total. The SMILES string of the molecule is NC=C(Br)C=NCc1ccc(F)cc1. The molecule has 0 atom stereocenters. The molecule has 0 spiro atoms. The lowest BCUT2D eigenvalue weighted by atomic mass is 10.2. The van der Waals surface area contributed by atoms with Gasteiger partial charge in [0.2, 0.25) is 0 Å². The van der Waals surface area contributed by atoms with Crippen LogP contribution in [0.1, 0.15) is 5.56 Å². The molecule has 4 heteroatoms.